The Bertz CT molecular complexity index is 832. The molecule has 0 aliphatic heterocycles. The second-order valence-corrected chi connectivity index (χ2v) is 7.69. The van der Waals surface area contributed by atoms with E-state index in [-0.39, 0.29) is 5.75 Å². The molecule has 0 heterocycles. The Balaban J connectivity index is 3.17. The van der Waals surface area contributed by atoms with Crippen molar-refractivity contribution in [2.24, 2.45) is 0 Å². The van der Waals surface area contributed by atoms with Crippen LogP contribution >= 0.6 is 12.6 Å². The Hall–Kier alpha value is -3.19. The molecule has 2 atom stereocenters. The fraction of sp³-hybridized carbons (Fsp3) is 0.429. The summed E-state index contributed by atoms with van der Waals surface area (Å²) in [6.45, 7) is 4.62. The summed E-state index contributed by atoms with van der Waals surface area (Å²) in [6.07, 6.45) is 4.74. The molecule has 0 radical (unpaired) electrons. The van der Waals surface area contributed by atoms with Crippen molar-refractivity contribution < 1.29 is 28.7 Å². The Morgan fingerprint density at radius 1 is 1.19 bits per heavy atom. The van der Waals surface area contributed by atoms with E-state index in [4.69, 9.17) is 11.2 Å². The number of carbonyl (C=O) groups excluding carboxylic acids is 4. The fourth-order valence-electron chi connectivity index (χ4n) is 2.45. The average molecular weight is 450 g/mol. The van der Waals surface area contributed by atoms with Crippen LogP contribution < -0.4 is 10.6 Å². The molecule has 0 spiro atoms. The van der Waals surface area contributed by atoms with Crippen LogP contribution in [-0.4, -0.2) is 59.8 Å². The third kappa shape index (κ3) is 8.22. The summed E-state index contributed by atoms with van der Waals surface area (Å²) < 4.78 is 9.68. The van der Waals surface area contributed by atoms with Crippen LogP contribution in [-0.2, 0) is 23.9 Å². The number of rotatable bonds is 8. The number of benzene rings is 1. The van der Waals surface area contributed by atoms with Crippen molar-refractivity contribution in [3.63, 3.8) is 0 Å². The predicted molar refractivity (Wildman–Crippen MR) is 117 cm³/mol. The molecule has 168 valence electrons. The quantitative estimate of drug-likeness (QED) is 0.238. The van der Waals surface area contributed by atoms with Gasteiger partial charge >= 0.3 is 12.1 Å². The first-order valence-corrected chi connectivity index (χ1v) is 9.96. The molecule has 10 heteroatoms. The van der Waals surface area contributed by atoms with Gasteiger partial charge in [0.15, 0.2) is 0 Å². The minimum atomic E-state index is -1.26. The third-order valence-corrected chi connectivity index (χ3v) is 4.17. The molecule has 9 nitrogen and oxygen atoms in total. The van der Waals surface area contributed by atoms with Crippen LogP contribution in [0.3, 0.4) is 0 Å². The van der Waals surface area contributed by atoms with E-state index in [0.29, 0.717) is 5.56 Å². The van der Waals surface area contributed by atoms with Crippen molar-refractivity contribution in [3.8, 4) is 12.5 Å². The van der Waals surface area contributed by atoms with E-state index < -0.39 is 48.1 Å². The molecule has 0 fully saturated rings. The maximum absolute atomic E-state index is 13.1. The smallest absolute Gasteiger partial charge is 0.408 e. The number of thiol groups is 1. The number of terminal acetylenes is 1. The largest absolute Gasteiger partial charge is 0.468 e. The van der Waals surface area contributed by atoms with E-state index in [2.05, 4.69) is 34.0 Å². The molecular weight excluding hydrogens is 422 g/mol. The average Bonchev–Trinajstić information content (AvgIpc) is 2.72. The molecule has 2 N–H and O–H groups in total. The van der Waals surface area contributed by atoms with Crippen LogP contribution in [0.4, 0.5) is 4.79 Å². The monoisotopic (exact) mass is 449 g/mol. The molecule has 0 saturated carbocycles. The first-order chi connectivity index (χ1) is 14.5. The van der Waals surface area contributed by atoms with Crippen LogP contribution in [0, 0.1) is 12.5 Å². The molecule has 1 rings (SSSR count). The van der Waals surface area contributed by atoms with Gasteiger partial charge in [-0.3, -0.25) is 19.3 Å². The van der Waals surface area contributed by atoms with Gasteiger partial charge in [-0.15, -0.1) is 0 Å². The van der Waals surface area contributed by atoms with Gasteiger partial charge in [-0.1, -0.05) is 36.8 Å². The number of esters is 1. The lowest BCUT2D eigenvalue weighted by Gasteiger charge is -2.29. The molecule has 0 aromatic heterocycles. The number of nitrogens with one attached hydrogen (secondary N) is 2. The minimum Gasteiger partial charge on any atom is -0.468 e. The second-order valence-electron chi connectivity index (χ2n) is 7.33. The number of carbonyl (C=O) groups is 4. The Morgan fingerprint density at radius 2 is 1.81 bits per heavy atom. The predicted octanol–water partition coefficient (Wildman–Crippen LogP) is 1.26. The van der Waals surface area contributed by atoms with Crippen LogP contribution in [0.5, 0.6) is 0 Å². The summed E-state index contributed by atoms with van der Waals surface area (Å²) >= 11 is 4.11. The summed E-state index contributed by atoms with van der Waals surface area (Å²) in [5.74, 6) is -2.20. The van der Waals surface area contributed by atoms with Crippen molar-refractivity contribution in [3.05, 3.63) is 35.9 Å². The van der Waals surface area contributed by atoms with Gasteiger partial charge in [0.25, 0.3) is 5.91 Å². The zero-order valence-electron chi connectivity index (χ0n) is 17.9. The molecule has 2 unspecified atom stereocenters. The number of methoxy groups -OCH3 is 1. The summed E-state index contributed by atoms with van der Waals surface area (Å²) in [7, 11) is 1.18. The molecule has 0 saturated heterocycles. The highest BCUT2D eigenvalue weighted by Crippen LogP contribution is 2.22. The first-order valence-electron chi connectivity index (χ1n) is 9.33. The van der Waals surface area contributed by atoms with E-state index in [9.17, 15) is 19.2 Å². The van der Waals surface area contributed by atoms with Crippen molar-refractivity contribution >= 4 is 36.5 Å². The van der Waals surface area contributed by atoms with Gasteiger partial charge < -0.3 is 20.1 Å². The van der Waals surface area contributed by atoms with Gasteiger partial charge in [0.1, 0.15) is 24.2 Å². The van der Waals surface area contributed by atoms with Crippen LogP contribution in [0.2, 0.25) is 0 Å². The van der Waals surface area contributed by atoms with E-state index in [1.165, 1.54) is 7.11 Å². The van der Waals surface area contributed by atoms with E-state index >= 15 is 0 Å². The van der Waals surface area contributed by atoms with Crippen molar-refractivity contribution in [1.29, 1.82) is 0 Å². The number of hydrogen-bond donors (Lipinski definition) is 3. The molecule has 3 amide bonds. The van der Waals surface area contributed by atoms with E-state index in [0.717, 1.165) is 4.90 Å². The van der Waals surface area contributed by atoms with Crippen molar-refractivity contribution in [2.75, 3.05) is 19.4 Å². The van der Waals surface area contributed by atoms with E-state index in [1.54, 1.807) is 51.1 Å². The highest BCUT2D eigenvalue weighted by atomic mass is 32.1. The van der Waals surface area contributed by atoms with Gasteiger partial charge in [-0.05, 0) is 26.3 Å². The summed E-state index contributed by atoms with van der Waals surface area (Å²) in [5, 5.41) is 4.81. The first kappa shape index (κ1) is 25.8. The lowest BCUT2D eigenvalue weighted by molar-refractivity contribution is -0.142. The molecule has 1 aromatic rings. The zero-order chi connectivity index (χ0) is 23.6. The zero-order valence-corrected chi connectivity index (χ0v) is 18.8. The highest BCUT2D eigenvalue weighted by Gasteiger charge is 2.35. The Labute approximate surface area is 187 Å². The molecule has 31 heavy (non-hydrogen) atoms. The standard InChI is InChI=1S/C21H27N3O6S/c1-6-24(19(27)15(13-31)23-20(28)30-21(2,3)4)17(14-10-8-7-9-11-14)18(26)22-12-16(25)29-5/h1,7-11,15,17,31H,12-13H2,2-5H3,(H,22,26)(H,23,28). The molecule has 0 aliphatic carbocycles. The Kier molecular flexibility index (Phi) is 9.89. The van der Waals surface area contributed by atoms with Crippen LogP contribution in [0.1, 0.15) is 32.4 Å². The number of hydrogen-bond acceptors (Lipinski definition) is 7. The van der Waals surface area contributed by atoms with E-state index in [1.807, 2.05) is 0 Å². The third-order valence-electron chi connectivity index (χ3n) is 3.80. The maximum Gasteiger partial charge on any atom is 0.408 e. The molecular formula is C21H27N3O6S. The van der Waals surface area contributed by atoms with Gasteiger partial charge in [0, 0.05) is 11.8 Å². The summed E-state index contributed by atoms with van der Waals surface area (Å²) in [5.41, 5.74) is -0.369. The number of ether oxygens (including phenoxy) is 2. The normalized spacial score (nSPS) is 12.5. The van der Waals surface area contributed by atoms with Crippen LogP contribution in [0.15, 0.2) is 30.3 Å². The van der Waals surface area contributed by atoms with Crippen molar-refractivity contribution in [1.82, 2.24) is 15.5 Å². The lowest BCUT2D eigenvalue weighted by atomic mass is 10.0. The van der Waals surface area contributed by atoms with Crippen LogP contribution in [0.25, 0.3) is 0 Å². The SMILES string of the molecule is C#CN(C(=O)C(CS)NC(=O)OC(C)(C)C)C(C(=O)NCC(=O)OC)c1ccccc1. The Morgan fingerprint density at radius 3 is 2.29 bits per heavy atom. The molecule has 0 aliphatic rings. The number of amides is 3. The fourth-order valence-corrected chi connectivity index (χ4v) is 2.70. The molecule has 1 aromatic carbocycles. The number of alkyl carbamates (subject to hydrolysis) is 1. The summed E-state index contributed by atoms with van der Waals surface area (Å²) in [4.78, 5) is 50.3. The van der Waals surface area contributed by atoms with Gasteiger partial charge in [0.05, 0.1) is 7.11 Å². The van der Waals surface area contributed by atoms with Gasteiger partial charge in [-0.2, -0.15) is 12.6 Å². The summed E-state index contributed by atoms with van der Waals surface area (Å²) in [6, 6.07) is 8.07. The topological polar surface area (TPSA) is 114 Å². The molecule has 0 bridgehead atoms. The number of nitrogens with zero attached hydrogens (tertiary/aromatic N) is 1. The highest BCUT2D eigenvalue weighted by molar-refractivity contribution is 7.80. The second kappa shape index (κ2) is 11.9. The minimum absolute atomic E-state index is 0.0957. The van der Waals surface area contributed by atoms with Gasteiger partial charge in [0.2, 0.25) is 5.91 Å². The lowest BCUT2D eigenvalue weighted by Crippen LogP contribution is -2.52. The van der Waals surface area contributed by atoms with Crippen molar-refractivity contribution in [2.45, 2.75) is 38.5 Å². The van der Waals surface area contributed by atoms with Gasteiger partial charge in [-0.25, -0.2) is 4.79 Å². The maximum atomic E-state index is 13.1.